The van der Waals surface area contributed by atoms with Crippen molar-refractivity contribution in [2.75, 3.05) is 71.7 Å². The zero-order valence-corrected chi connectivity index (χ0v) is 35.5. The molecule has 0 saturated carbocycles. The van der Waals surface area contributed by atoms with Gasteiger partial charge in [-0.2, -0.15) is 8.42 Å². The molecule has 2 amide bonds. The van der Waals surface area contributed by atoms with E-state index < -0.39 is 22.0 Å². The monoisotopic (exact) mass is 848 g/mol. The highest BCUT2D eigenvalue weighted by Crippen LogP contribution is 2.17. The summed E-state index contributed by atoms with van der Waals surface area (Å²) in [5.41, 5.74) is 0. The maximum atomic E-state index is 12.4. The van der Waals surface area contributed by atoms with Crippen molar-refractivity contribution in [1.82, 2.24) is 10.6 Å². The Balaban J connectivity index is 3.67. The smallest absolute Gasteiger partial charge is 0.306 e. The Kier molecular flexibility index (Phi) is 36.1. The van der Waals surface area contributed by atoms with Crippen LogP contribution in [0.5, 0.6) is 0 Å². The van der Waals surface area contributed by atoms with Gasteiger partial charge in [-0.15, -0.1) is 0 Å². The Morgan fingerprint density at radius 3 is 1.66 bits per heavy atom. The van der Waals surface area contributed by atoms with E-state index in [1.807, 2.05) is 0 Å². The van der Waals surface area contributed by atoms with Crippen molar-refractivity contribution in [2.24, 2.45) is 5.92 Å². The van der Waals surface area contributed by atoms with E-state index in [1.165, 1.54) is 12.5 Å². The van der Waals surface area contributed by atoms with Gasteiger partial charge in [0, 0.05) is 51.8 Å². The number of Topliss-reactive ketones (excluding diaryl/α,β-unsaturated/α-hetero) is 2. The predicted molar refractivity (Wildman–Crippen MR) is 219 cm³/mol. The minimum absolute atomic E-state index is 0.00717. The van der Waals surface area contributed by atoms with E-state index in [2.05, 4.69) is 17.2 Å². The molecule has 0 aromatic heterocycles. The van der Waals surface area contributed by atoms with Crippen LogP contribution in [0.1, 0.15) is 135 Å². The van der Waals surface area contributed by atoms with E-state index in [0.29, 0.717) is 51.7 Å². The van der Waals surface area contributed by atoms with Crippen molar-refractivity contribution in [2.45, 2.75) is 135 Å². The molecular weight excluding hydrogens is 777 g/mol. The quantitative estimate of drug-likeness (QED) is 0.0360. The number of hydrogen-bond acceptors (Lipinski definition) is 12. The number of ether oxygens (including phenoxy) is 4. The largest absolute Gasteiger partial charge is 0.481 e. The van der Waals surface area contributed by atoms with Gasteiger partial charge in [0.15, 0.2) is 11.6 Å². The van der Waals surface area contributed by atoms with Gasteiger partial charge < -0.3 is 34.7 Å². The molecule has 0 unspecified atom stereocenters. The third-order valence-corrected chi connectivity index (χ3v) is 9.91. The summed E-state index contributed by atoms with van der Waals surface area (Å²) < 4.78 is 51.5. The molecule has 58 heavy (non-hydrogen) atoms. The fraction of sp³-hybridized carbons (Fsp3) is 0.805. The maximum absolute atomic E-state index is 12.4. The van der Waals surface area contributed by atoms with Gasteiger partial charge in [-0.1, -0.05) is 77.2 Å². The van der Waals surface area contributed by atoms with Gasteiger partial charge in [0.2, 0.25) is 11.8 Å². The fourth-order valence-electron chi connectivity index (χ4n) is 5.78. The third-order valence-electron chi connectivity index (χ3n) is 9.10. The zero-order valence-electron chi connectivity index (χ0n) is 34.7. The lowest BCUT2D eigenvalue weighted by Gasteiger charge is -2.12. The third kappa shape index (κ3) is 39.7. The van der Waals surface area contributed by atoms with Gasteiger partial charge in [-0.3, -0.25) is 33.3 Å². The van der Waals surface area contributed by atoms with Crippen LogP contribution in [0.4, 0.5) is 0 Å². The number of rotatable bonds is 44. The molecule has 0 saturated heterocycles. The predicted octanol–water partition coefficient (Wildman–Crippen LogP) is 4.96. The summed E-state index contributed by atoms with van der Waals surface area (Å²) in [4.78, 5) is 71.0. The molecule has 336 valence electrons. The van der Waals surface area contributed by atoms with E-state index in [9.17, 15) is 42.3 Å². The molecule has 0 aliphatic carbocycles. The number of carbonyl (C=O) groups is 6. The number of hydrogen-bond donors (Lipinski definition) is 4. The molecule has 0 radical (unpaired) electrons. The molecule has 0 aromatic carbocycles. The first-order valence-electron chi connectivity index (χ1n) is 21.0. The Morgan fingerprint density at radius 1 is 0.552 bits per heavy atom. The average molecular weight is 849 g/mol. The number of aliphatic carboxylic acids is 1. The lowest BCUT2D eigenvalue weighted by atomic mass is 9.94. The van der Waals surface area contributed by atoms with Crippen LogP contribution < -0.4 is 10.6 Å². The molecule has 0 aliphatic heterocycles. The summed E-state index contributed by atoms with van der Waals surface area (Å²) in [6.07, 6.45) is 16.2. The number of ketones is 3. The van der Waals surface area contributed by atoms with Crippen LogP contribution in [0, 0.1) is 5.92 Å². The minimum Gasteiger partial charge on any atom is -0.481 e. The first-order valence-corrected chi connectivity index (χ1v) is 22.7. The van der Waals surface area contributed by atoms with Gasteiger partial charge in [-0.05, 0) is 38.2 Å². The standard InChI is InChI=1S/C41H72N2O14S/c1-2-36(44)19-16-23-42-40(48)34-57-30-27-54-25-17-20-38(46)33-56-29-28-55-26-24-43-39(47)22-21-35(41(49)50)32-37(45)18-14-12-10-8-6-4-3-5-7-9-11-13-15-31-58(51,52)53/h2,35H,1,3-34H2,(H,42,48)(H,43,47)(H,49,50)(H,51,52,53)/t35-/m1/s1. The molecule has 0 rings (SSSR count). The number of carbonyl (C=O) groups excluding carboxylic acids is 5. The van der Waals surface area contributed by atoms with Crippen molar-refractivity contribution in [1.29, 1.82) is 0 Å². The van der Waals surface area contributed by atoms with E-state index in [1.54, 1.807) is 0 Å². The van der Waals surface area contributed by atoms with Crippen molar-refractivity contribution >= 4 is 45.3 Å². The van der Waals surface area contributed by atoms with E-state index in [0.717, 1.165) is 70.6 Å². The number of allylic oxidation sites excluding steroid dienone is 1. The molecule has 4 N–H and O–H groups in total. The van der Waals surface area contributed by atoms with E-state index >= 15 is 0 Å². The number of carboxylic acids is 1. The summed E-state index contributed by atoms with van der Waals surface area (Å²) in [6.45, 7) is 5.42. The molecule has 0 bridgehead atoms. The maximum Gasteiger partial charge on any atom is 0.306 e. The Hall–Kier alpha value is -3.09. The highest BCUT2D eigenvalue weighted by atomic mass is 32.2. The molecular formula is C41H72N2O14S. The summed E-state index contributed by atoms with van der Waals surface area (Å²) >= 11 is 0. The molecule has 17 heteroatoms. The van der Waals surface area contributed by atoms with Crippen LogP contribution in [0.25, 0.3) is 0 Å². The molecule has 16 nitrogen and oxygen atoms in total. The molecule has 0 heterocycles. The van der Waals surface area contributed by atoms with E-state index in [4.69, 9.17) is 23.5 Å². The Bertz CT molecular complexity index is 1260. The fourth-order valence-corrected chi connectivity index (χ4v) is 6.34. The van der Waals surface area contributed by atoms with Gasteiger partial charge in [-0.25, -0.2) is 0 Å². The number of unbranched alkanes of at least 4 members (excludes halogenated alkanes) is 12. The van der Waals surface area contributed by atoms with Crippen LogP contribution in [-0.4, -0.2) is 125 Å². The molecule has 0 aliphatic rings. The Labute approximate surface area is 346 Å². The van der Waals surface area contributed by atoms with Crippen LogP contribution in [0.15, 0.2) is 12.7 Å². The van der Waals surface area contributed by atoms with Crippen LogP contribution in [0.2, 0.25) is 0 Å². The van der Waals surface area contributed by atoms with Crippen LogP contribution in [0.3, 0.4) is 0 Å². The number of nitrogens with one attached hydrogen (secondary N) is 2. The highest BCUT2D eigenvalue weighted by molar-refractivity contribution is 7.85. The van der Waals surface area contributed by atoms with E-state index in [-0.39, 0.29) is 107 Å². The minimum atomic E-state index is -3.84. The normalized spacial score (nSPS) is 11.9. The Morgan fingerprint density at radius 2 is 1.07 bits per heavy atom. The van der Waals surface area contributed by atoms with Crippen molar-refractivity contribution < 1.29 is 65.8 Å². The van der Waals surface area contributed by atoms with Gasteiger partial charge in [0.25, 0.3) is 10.1 Å². The lowest BCUT2D eigenvalue weighted by molar-refractivity contribution is -0.144. The second-order valence-corrected chi connectivity index (χ2v) is 16.0. The molecule has 1 atom stereocenters. The van der Waals surface area contributed by atoms with Crippen LogP contribution >= 0.6 is 0 Å². The first-order chi connectivity index (χ1) is 27.8. The molecule has 0 aromatic rings. The number of amides is 2. The van der Waals surface area contributed by atoms with Gasteiger partial charge in [0.05, 0.1) is 44.7 Å². The topological polar surface area (TPSA) is 238 Å². The second-order valence-electron chi connectivity index (χ2n) is 14.4. The summed E-state index contributed by atoms with van der Waals surface area (Å²) in [5.74, 6) is -2.96. The average Bonchev–Trinajstić information content (AvgIpc) is 3.17. The molecule has 0 spiro atoms. The first kappa shape index (κ1) is 54.9. The highest BCUT2D eigenvalue weighted by Gasteiger charge is 2.22. The number of carboxylic acid groups (broad SMARTS) is 1. The summed E-state index contributed by atoms with van der Waals surface area (Å²) in [5, 5.41) is 14.9. The van der Waals surface area contributed by atoms with Crippen molar-refractivity contribution in [3.8, 4) is 0 Å². The van der Waals surface area contributed by atoms with Crippen LogP contribution in [-0.2, 0) is 57.8 Å². The van der Waals surface area contributed by atoms with Crippen molar-refractivity contribution in [3.63, 3.8) is 0 Å². The van der Waals surface area contributed by atoms with Gasteiger partial charge >= 0.3 is 5.97 Å². The summed E-state index contributed by atoms with van der Waals surface area (Å²) in [6, 6.07) is 0. The van der Waals surface area contributed by atoms with Gasteiger partial charge in [0.1, 0.15) is 19.0 Å². The van der Waals surface area contributed by atoms with Crippen molar-refractivity contribution in [3.05, 3.63) is 12.7 Å². The molecule has 0 fully saturated rings. The summed E-state index contributed by atoms with van der Waals surface area (Å²) in [7, 11) is -3.84. The second kappa shape index (κ2) is 38.1. The SMILES string of the molecule is C=CC(=O)CCCNC(=O)COCCOCCCC(=O)COCCOCCNC(=O)CC[C@H](CC(=O)CCCCCCCCCCCCCCCS(=O)(=O)O)C(=O)O. The zero-order chi connectivity index (χ0) is 43.1. The lowest BCUT2D eigenvalue weighted by Crippen LogP contribution is -2.29.